The summed E-state index contributed by atoms with van der Waals surface area (Å²) in [4.78, 5) is 23.4. The van der Waals surface area contributed by atoms with E-state index in [0.29, 0.717) is 12.5 Å². The SMILES string of the molecule is O=C=N[C@@H](COCC1CC1)C(=O)O. The number of carboxylic acid groups (broad SMARTS) is 1. The Labute approximate surface area is 75.4 Å². The smallest absolute Gasteiger partial charge is 0.331 e. The third-order valence-corrected chi connectivity index (χ3v) is 1.82. The van der Waals surface area contributed by atoms with Gasteiger partial charge in [-0.1, -0.05) is 0 Å². The summed E-state index contributed by atoms with van der Waals surface area (Å²) in [5.41, 5.74) is 0. The van der Waals surface area contributed by atoms with E-state index in [9.17, 15) is 9.59 Å². The highest BCUT2D eigenvalue weighted by Gasteiger charge is 2.23. The summed E-state index contributed by atoms with van der Waals surface area (Å²) >= 11 is 0. The van der Waals surface area contributed by atoms with Crippen molar-refractivity contribution in [2.75, 3.05) is 13.2 Å². The summed E-state index contributed by atoms with van der Waals surface area (Å²) in [6.07, 6.45) is 3.51. The molecule has 1 aliphatic carbocycles. The van der Waals surface area contributed by atoms with Crippen LogP contribution in [0.5, 0.6) is 0 Å². The molecule has 0 saturated heterocycles. The molecule has 1 aliphatic rings. The molecule has 13 heavy (non-hydrogen) atoms. The molecule has 0 aliphatic heterocycles. The number of aliphatic imine (C=N–C) groups is 1. The molecule has 1 saturated carbocycles. The standard InChI is InChI=1S/C8H11NO4/c10-5-9-7(8(11)12)4-13-3-6-1-2-6/h6-7H,1-4H2,(H,11,12)/t7-/m0/s1. The fourth-order valence-corrected chi connectivity index (χ4v) is 0.858. The molecule has 0 heterocycles. The van der Waals surface area contributed by atoms with Gasteiger partial charge in [-0.3, -0.25) is 0 Å². The zero-order valence-electron chi connectivity index (χ0n) is 7.10. The number of nitrogens with zero attached hydrogens (tertiary/aromatic N) is 1. The lowest BCUT2D eigenvalue weighted by Gasteiger charge is -2.05. The molecule has 0 unspecified atom stereocenters. The normalized spacial score (nSPS) is 17.5. The largest absolute Gasteiger partial charge is 0.480 e. The molecule has 0 aromatic rings. The van der Waals surface area contributed by atoms with E-state index in [2.05, 4.69) is 4.99 Å². The van der Waals surface area contributed by atoms with E-state index in [1.54, 1.807) is 0 Å². The van der Waals surface area contributed by atoms with Crippen molar-refractivity contribution in [2.24, 2.45) is 10.9 Å². The molecule has 0 radical (unpaired) electrons. The van der Waals surface area contributed by atoms with Gasteiger partial charge in [-0.15, -0.1) is 0 Å². The van der Waals surface area contributed by atoms with Crippen molar-refractivity contribution < 1.29 is 19.4 Å². The number of rotatable bonds is 6. The summed E-state index contributed by atoms with van der Waals surface area (Å²) in [5, 5.41) is 8.53. The Bertz CT molecular complexity index is 228. The average Bonchev–Trinajstić information content (AvgIpc) is 2.86. The number of isocyanates is 1. The van der Waals surface area contributed by atoms with Crippen LogP contribution in [0.25, 0.3) is 0 Å². The molecule has 1 fully saturated rings. The Morgan fingerprint density at radius 3 is 2.85 bits per heavy atom. The van der Waals surface area contributed by atoms with Gasteiger partial charge >= 0.3 is 5.97 Å². The quantitative estimate of drug-likeness (QED) is 0.473. The van der Waals surface area contributed by atoms with Crippen molar-refractivity contribution in [3.63, 3.8) is 0 Å². The lowest BCUT2D eigenvalue weighted by Crippen LogP contribution is -2.24. The monoisotopic (exact) mass is 185 g/mol. The van der Waals surface area contributed by atoms with Crippen LogP contribution in [0, 0.1) is 5.92 Å². The first-order chi connectivity index (χ1) is 6.24. The van der Waals surface area contributed by atoms with Crippen molar-refractivity contribution in [1.82, 2.24) is 0 Å². The molecular formula is C8H11NO4. The summed E-state index contributed by atoms with van der Waals surface area (Å²) in [6.45, 7) is 0.527. The van der Waals surface area contributed by atoms with Crippen LogP contribution < -0.4 is 0 Å². The number of hydrogen-bond acceptors (Lipinski definition) is 4. The molecule has 72 valence electrons. The molecule has 5 nitrogen and oxygen atoms in total. The molecular weight excluding hydrogens is 174 g/mol. The molecule has 0 aromatic heterocycles. The fourth-order valence-electron chi connectivity index (χ4n) is 0.858. The minimum Gasteiger partial charge on any atom is -0.480 e. The number of aliphatic carboxylic acids is 1. The van der Waals surface area contributed by atoms with E-state index in [1.807, 2.05) is 0 Å². The topological polar surface area (TPSA) is 76.0 Å². The third kappa shape index (κ3) is 3.83. The van der Waals surface area contributed by atoms with Gasteiger partial charge in [0.05, 0.1) is 6.61 Å². The maximum Gasteiger partial charge on any atom is 0.331 e. The Hall–Kier alpha value is -1.19. The summed E-state index contributed by atoms with van der Waals surface area (Å²) in [5.74, 6) is -0.575. The van der Waals surface area contributed by atoms with Crippen LogP contribution in [-0.4, -0.2) is 36.4 Å². The highest BCUT2D eigenvalue weighted by Crippen LogP contribution is 2.28. The van der Waals surface area contributed by atoms with Gasteiger partial charge in [0.2, 0.25) is 6.08 Å². The van der Waals surface area contributed by atoms with E-state index in [0.717, 1.165) is 12.8 Å². The summed E-state index contributed by atoms with van der Waals surface area (Å²) in [7, 11) is 0. The molecule has 0 amide bonds. The Morgan fingerprint density at radius 2 is 2.38 bits per heavy atom. The van der Waals surface area contributed by atoms with Gasteiger partial charge in [-0.25, -0.2) is 9.59 Å². The second-order valence-electron chi connectivity index (χ2n) is 3.06. The van der Waals surface area contributed by atoms with Crippen molar-refractivity contribution in [1.29, 1.82) is 0 Å². The van der Waals surface area contributed by atoms with Gasteiger partial charge in [-0.2, -0.15) is 4.99 Å². The lowest BCUT2D eigenvalue weighted by molar-refractivity contribution is -0.139. The van der Waals surface area contributed by atoms with Crippen LogP contribution in [0.15, 0.2) is 4.99 Å². The fraction of sp³-hybridized carbons (Fsp3) is 0.750. The average molecular weight is 185 g/mol. The second kappa shape index (κ2) is 4.74. The van der Waals surface area contributed by atoms with E-state index in [1.165, 1.54) is 6.08 Å². The summed E-state index contributed by atoms with van der Waals surface area (Å²) in [6, 6.07) is -1.10. The maximum atomic E-state index is 10.4. The molecule has 0 aromatic carbocycles. The van der Waals surface area contributed by atoms with Crippen LogP contribution >= 0.6 is 0 Å². The Kier molecular flexibility index (Phi) is 3.61. The van der Waals surface area contributed by atoms with Crippen LogP contribution in [-0.2, 0) is 14.3 Å². The second-order valence-corrected chi connectivity index (χ2v) is 3.06. The first kappa shape index (κ1) is 9.89. The van der Waals surface area contributed by atoms with Gasteiger partial charge in [-0.05, 0) is 18.8 Å². The predicted molar refractivity (Wildman–Crippen MR) is 43.1 cm³/mol. The molecule has 1 atom stereocenters. The van der Waals surface area contributed by atoms with Gasteiger partial charge in [0, 0.05) is 6.61 Å². The van der Waals surface area contributed by atoms with Crippen LogP contribution in [0.3, 0.4) is 0 Å². The Balaban J connectivity index is 2.20. The molecule has 1 N–H and O–H groups in total. The molecule has 5 heteroatoms. The van der Waals surface area contributed by atoms with Crippen LogP contribution in [0.1, 0.15) is 12.8 Å². The molecule has 1 rings (SSSR count). The zero-order valence-corrected chi connectivity index (χ0v) is 7.10. The van der Waals surface area contributed by atoms with E-state index < -0.39 is 12.0 Å². The van der Waals surface area contributed by atoms with Crippen LogP contribution in [0.2, 0.25) is 0 Å². The van der Waals surface area contributed by atoms with Crippen molar-refractivity contribution in [3.8, 4) is 0 Å². The minimum atomic E-state index is -1.15. The van der Waals surface area contributed by atoms with Gasteiger partial charge < -0.3 is 9.84 Å². The lowest BCUT2D eigenvalue weighted by atomic mass is 10.3. The van der Waals surface area contributed by atoms with E-state index >= 15 is 0 Å². The number of carbonyl (C=O) groups excluding carboxylic acids is 1. The third-order valence-electron chi connectivity index (χ3n) is 1.82. The maximum absolute atomic E-state index is 10.4. The summed E-state index contributed by atoms with van der Waals surface area (Å²) < 4.78 is 5.08. The van der Waals surface area contributed by atoms with E-state index in [-0.39, 0.29) is 6.61 Å². The highest BCUT2D eigenvalue weighted by atomic mass is 16.5. The zero-order chi connectivity index (χ0) is 9.68. The van der Waals surface area contributed by atoms with Crippen molar-refractivity contribution in [3.05, 3.63) is 0 Å². The minimum absolute atomic E-state index is 0.0406. The number of ether oxygens (including phenoxy) is 1. The van der Waals surface area contributed by atoms with Crippen molar-refractivity contribution >= 4 is 12.0 Å². The highest BCUT2D eigenvalue weighted by molar-refractivity contribution is 5.74. The first-order valence-corrected chi connectivity index (χ1v) is 4.11. The molecule has 0 bridgehead atoms. The van der Waals surface area contributed by atoms with Gasteiger partial charge in [0.25, 0.3) is 0 Å². The van der Waals surface area contributed by atoms with E-state index in [4.69, 9.17) is 9.84 Å². The van der Waals surface area contributed by atoms with Gasteiger partial charge in [0.15, 0.2) is 6.04 Å². The van der Waals surface area contributed by atoms with Crippen LogP contribution in [0.4, 0.5) is 0 Å². The number of carbonyl (C=O) groups is 1. The Morgan fingerprint density at radius 1 is 1.69 bits per heavy atom. The number of hydrogen-bond donors (Lipinski definition) is 1. The van der Waals surface area contributed by atoms with Gasteiger partial charge in [0.1, 0.15) is 0 Å². The predicted octanol–water partition coefficient (Wildman–Crippen LogP) is 0.202. The van der Waals surface area contributed by atoms with Crippen molar-refractivity contribution in [2.45, 2.75) is 18.9 Å². The first-order valence-electron chi connectivity index (χ1n) is 4.11. The number of carboxylic acids is 1. The molecule has 0 spiro atoms.